The topological polar surface area (TPSA) is 91.5 Å². The van der Waals surface area contributed by atoms with Gasteiger partial charge < -0.3 is 26.0 Å². The highest BCUT2D eigenvalue weighted by molar-refractivity contribution is 6.30. The van der Waals surface area contributed by atoms with E-state index in [4.69, 9.17) is 16.3 Å². The van der Waals surface area contributed by atoms with Crippen LogP contribution >= 0.6 is 11.6 Å². The molecule has 1 heterocycles. The summed E-state index contributed by atoms with van der Waals surface area (Å²) in [7, 11) is 0. The molecule has 2 amide bonds. The molecule has 0 radical (unpaired) electrons. The second-order valence-corrected chi connectivity index (χ2v) is 9.19. The zero-order valence-electron chi connectivity index (χ0n) is 17.0. The van der Waals surface area contributed by atoms with E-state index in [1.807, 2.05) is 12.1 Å². The summed E-state index contributed by atoms with van der Waals surface area (Å²) in [6, 6.07) is 5.83. The van der Waals surface area contributed by atoms with Crippen molar-refractivity contribution in [2.45, 2.75) is 56.0 Å². The molecule has 7 nitrogen and oxygen atoms in total. The van der Waals surface area contributed by atoms with Crippen LogP contribution in [0.5, 0.6) is 0 Å². The Kier molecular flexibility index (Phi) is 6.76. The summed E-state index contributed by atoms with van der Waals surface area (Å²) in [4.78, 5) is 24.8. The van der Waals surface area contributed by atoms with Crippen LogP contribution < -0.4 is 21.3 Å². The molecule has 0 aromatic heterocycles. The average molecular weight is 457 g/mol. The zero-order chi connectivity index (χ0) is 22.0. The molecular formula is C21H27ClF2N4O3. The van der Waals surface area contributed by atoms with Crippen molar-refractivity contribution in [2.24, 2.45) is 5.92 Å². The van der Waals surface area contributed by atoms with E-state index in [1.165, 1.54) is 0 Å². The molecule has 1 saturated heterocycles. The smallest absolute Gasteiger partial charge is 0.254 e. The summed E-state index contributed by atoms with van der Waals surface area (Å²) in [5.41, 5.74) is 0.582. The molecule has 4 fully saturated rings. The van der Waals surface area contributed by atoms with Gasteiger partial charge in [0.25, 0.3) is 6.43 Å². The van der Waals surface area contributed by atoms with Gasteiger partial charge in [0.2, 0.25) is 11.8 Å². The number of carbonyl (C=O) groups excluding carboxylic acids is 2. The second-order valence-electron chi connectivity index (χ2n) is 8.75. The van der Waals surface area contributed by atoms with E-state index in [0.717, 1.165) is 18.4 Å². The maximum absolute atomic E-state index is 12.7. The Labute approximate surface area is 184 Å². The van der Waals surface area contributed by atoms with Gasteiger partial charge in [0.15, 0.2) is 0 Å². The van der Waals surface area contributed by atoms with Crippen LogP contribution in [0.4, 0.5) is 8.78 Å². The third-order valence-corrected chi connectivity index (χ3v) is 6.64. The first-order valence-electron chi connectivity index (χ1n) is 10.5. The molecule has 3 aliphatic carbocycles. The number of fused-ring (bicyclic) bond motifs is 1. The number of amides is 2. The first-order chi connectivity index (χ1) is 14.8. The van der Waals surface area contributed by atoms with E-state index in [0.29, 0.717) is 24.0 Å². The molecule has 2 bridgehead atoms. The van der Waals surface area contributed by atoms with Gasteiger partial charge in [-0.15, -0.1) is 0 Å². The van der Waals surface area contributed by atoms with E-state index in [1.54, 1.807) is 12.1 Å². The van der Waals surface area contributed by atoms with Gasteiger partial charge in [0, 0.05) is 29.7 Å². The Morgan fingerprint density at radius 1 is 1.23 bits per heavy atom. The number of rotatable bonds is 8. The Balaban J connectivity index is 1.18. The van der Waals surface area contributed by atoms with Crippen molar-refractivity contribution in [3.8, 4) is 0 Å². The minimum atomic E-state index is -2.46. The highest BCUT2D eigenvalue weighted by Crippen LogP contribution is 2.52. The van der Waals surface area contributed by atoms with Gasteiger partial charge in [-0.3, -0.25) is 9.59 Å². The lowest BCUT2D eigenvalue weighted by atomic mass is 9.76. The van der Waals surface area contributed by atoms with Crippen molar-refractivity contribution < 1.29 is 23.1 Å². The fourth-order valence-corrected chi connectivity index (χ4v) is 5.05. The number of hydrogen-bond acceptors (Lipinski definition) is 5. The van der Waals surface area contributed by atoms with Gasteiger partial charge in [-0.25, -0.2) is 8.78 Å². The van der Waals surface area contributed by atoms with Crippen molar-refractivity contribution >= 4 is 23.4 Å². The predicted octanol–water partition coefficient (Wildman–Crippen LogP) is 1.21. The third kappa shape index (κ3) is 5.34. The van der Waals surface area contributed by atoms with Crippen LogP contribution in [0.3, 0.4) is 0 Å². The molecule has 3 saturated carbocycles. The molecule has 10 heteroatoms. The van der Waals surface area contributed by atoms with E-state index in [9.17, 15) is 18.4 Å². The van der Waals surface area contributed by atoms with Crippen LogP contribution in [0.25, 0.3) is 0 Å². The van der Waals surface area contributed by atoms with Crippen molar-refractivity contribution in [2.75, 3.05) is 19.7 Å². The minimum Gasteiger partial charge on any atom is -0.367 e. The van der Waals surface area contributed by atoms with Gasteiger partial charge in [-0.05, 0) is 42.9 Å². The standard InChI is InChI=1S/C21H27ClF2N4O3/c22-14-3-1-2-12(4-14)10-31-11-18(29)27-15-7-21(5-13(15)6-21)28-20(30)17-9-25-16(8-26-17)19(23)24/h1-4,13,15-17,19,25-26H,5-11H2,(H,27,29)(H,28,30). The van der Waals surface area contributed by atoms with Crippen molar-refractivity contribution in [3.63, 3.8) is 0 Å². The maximum Gasteiger partial charge on any atom is 0.254 e. The van der Waals surface area contributed by atoms with Crippen LogP contribution in [0.1, 0.15) is 24.8 Å². The maximum atomic E-state index is 12.7. The Hall–Kier alpha value is -1.81. The lowest BCUT2D eigenvalue weighted by Gasteiger charge is -2.41. The number of halogens is 3. The minimum absolute atomic E-state index is 0.00298. The molecule has 1 aliphatic heterocycles. The van der Waals surface area contributed by atoms with Gasteiger partial charge >= 0.3 is 0 Å². The zero-order valence-corrected chi connectivity index (χ0v) is 17.8. The molecular weight excluding hydrogens is 430 g/mol. The summed E-state index contributed by atoms with van der Waals surface area (Å²) in [5, 5.41) is 12.3. The molecule has 4 aliphatic rings. The SMILES string of the molecule is O=C(COCc1cccc(Cl)c1)NC1CC2(NC(=O)C3CNC(C(F)F)CN3)CC1C2. The van der Waals surface area contributed by atoms with E-state index in [-0.39, 0.29) is 43.1 Å². The van der Waals surface area contributed by atoms with Gasteiger partial charge in [0.1, 0.15) is 6.61 Å². The predicted molar refractivity (Wildman–Crippen MR) is 111 cm³/mol. The molecule has 3 atom stereocenters. The number of benzene rings is 1. The molecule has 5 rings (SSSR count). The highest BCUT2D eigenvalue weighted by Gasteiger charge is 2.57. The molecule has 4 N–H and O–H groups in total. The molecule has 1 aromatic rings. The molecule has 0 spiro atoms. The summed E-state index contributed by atoms with van der Waals surface area (Å²) in [6.45, 7) is 0.485. The fourth-order valence-electron chi connectivity index (χ4n) is 4.84. The molecule has 3 unspecified atom stereocenters. The largest absolute Gasteiger partial charge is 0.367 e. The molecule has 31 heavy (non-hydrogen) atoms. The number of carbonyl (C=O) groups is 2. The summed E-state index contributed by atoms with van der Waals surface area (Å²) < 4.78 is 30.9. The van der Waals surface area contributed by atoms with Crippen molar-refractivity contribution in [1.29, 1.82) is 0 Å². The summed E-state index contributed by atoms with van der Waals surface area (Å²) >= 11 is 5.94. The monoisotopic (exact) mass is 456 g/mol. The Morgan fingerprint density at radius 3 is 2.71 bits per heavy atom. The van der Waals surface area contributed by atoms with Gasteiger partial charge in [0.05, 0.1) is 18.7 Å². The summed E-state index contributed by atoms with van der Waals surface area (Å²) in [5.74, 6) is -0.0365. The quantitative estimate of drug-likeness (QED) is 0.472. The van der Waals surface area contributed by atoms with Gasteiger partial charge in [-0.1, -0.05) is 23.7 Å². The van der Waals surface area contributed by atoms with E-state index in [2.05, 4.69) is 21.3 Å². The van der Waals surface area contributed by atoms with Crippen LogP contribution in [0, 0.1) is 5.92 Å². The number of hydrogen-bond donors (Lipinski definition) is 4. The lowest BCUT2D eigenvalue weighted by molar-refractivity contribution is -0.127. The first kappa shape index (κ1) is 22.4. The van der Waals surface area contributed by atoms with Crippen LogP contribution in [0.2, 0.25) is 5.02 Å². The van der Waals surface area contributed by atoms with Crippen LogP contribution in [-0.4, -0.2) is 61.6 Å². The Morgan fingerprint density at radius 2 is 2.03 bits per heavy atom. The fraction of sp³-hybridized carbons (Fsp3) is 0.619. The lowest BCUT2D eigenvalue weighted by Crippen LogP contribution is -2.64. The first-order valence-corrected chi connectivity index (χ1v) is 10.9. The van der Waals surface area contributed by atoms with Gasteiger partial charge in [-0.2, -0.15) is 0 Å². The number of nitrogens with one attached hydrogen (secondary N) is 4. The van der Waals surface area contributed by atoms with Crippen molar-refractivity contribution in [1.82, 2.24) is 21.3 Å². The van der Waals surface area contributed by atoms with Crippen LogP contribution in [0.15, 0.2) is 24.3 Å². The average Bonchev–Trinajstić information content (AvgIpc) is 3.21. The highest BCUT2D eigenvalue weighted by atomic mass is 35.5. The number of piperazine rings is 1. The summed E-state index contributed by atoms with van der Waals surface area (Å²) in [6.07, 6.45) is -0.167. The van der Waals surface area contributed by atoms with Crippen molar-refractivity contribution in [3.05, 3.63) is 34.9 Å². The number of alkyl halides is 2. The second kappa shape index (κ2) is 9.36. The van der Waals surface area contributed by atoms with Crippen LogP contribution in [-0.2, 0) is 20.9 Å². The Bertz CT molecular complexity index is 814. The molecule has 170 valence electrons. The normalized spacial score (nSPS) is 31.9. The van der Waals surface area contributed by atoms with E-state index < -0.39 is 18.5 Å². The third-order valence-electron chi connectivity index (χ3n) is 6.40. The van der Waals surface area contributed by atoms with E-state index >= 15 is 0 Å². The number of ether oxygens (including phenoxy) is 1. The molecule has 1 aromatic carbocycles.